The summed E-state index contributed by atoms with van der Waals surface area (Å²) in [5.41, 5.74) is 2.90. The standard InChI is InChI=1S/C21H26N4OS/c1-4-5-11-27-20-23-19-22-15-12-21(2,3)13-16(26)17(15)18(25(19)24-20)14-9-7-6-8-10-14/h6-10,18H,4-5,11-13H2,1-3H3,(H,22,23,24)/t18-/m0/s1. The van der Waals surface area contributed by atoms with E-state index in [1.165, 1.54) is 0 Å². The maximum atomic E-state index is 13.1. The van der Waals surface area contributed by atoms with E-state index in [-0.39, 0.29) is 17.2 Å². The number of ketones is 1. The predicted molar refractivity (Wildman–Crippen MR) is 109 cm³/mol. The van der Waals surface area contributed by atoms with Gasteiger partial charge in [-0.15, -0.1) is 5.10 Å². The Hall–Kier alpha value is -2.08. The van der Waals surface area contributed by atoms with Crippen molar-refractivity contribution in [2.75, 3.05) is 11.1 Å². The van der Waals surface area contributed by atoms with E-state index < -0.39 is 0 Å². The topological polar surface area (TPSA) is 59.8 Å². The highest BCUT2D eigenvalue weighted by molar-refractivity contribution is 7.99. The van der Waals surface area contributed by atoms with E-state index in [4.69, 9.17) is 10.1 Å². The summed E-state index contributed by atoms with van der Waals surface area (Å²) in [7, 11) is 0. The van der Waals surface area contributed by atoms with E-state index >= 15 is 0 Å². The van der Waals surface area contributed by atoms with E-state index in [0.717, 1.165) is 53.0 Å². The molecule has 1 aliphatic heterocycles. The highest BCUT2D eigenvalue weighted by atomic mass is 32.2. The summed E-state index contributed by atoms with van der Waals surface area (Å²) in [5.74, 6) is 1.96. The second-order valence-corrected chi connectivity index (χ2v) is 9.20. The number of carbonyl (C=O) groups is 1. The fourth-order valence-corrected chi connectivity index (χ4v) is 4.81. The van der Waals surface area contributed by atoms with Crippen molar-refractivity contribution in [1.82, 2.24) is 14.8 Å². The number of fused-ring (bicyclic) bond motifs is 1. The molecule has 4 rings (SSSR count). The third-order valence-corrected chi connectivity index (χ3v) is 6.08. The molecule has 2 aromatic rings. The summed E-state index contributed by atoms with van der Waals surface area (Å²) in [5, 5.41) is 8.97. The lowest BCUT2D eigenvalue weighted by Gasteiger charge is -2.38. The third-order valence-electron chi connectivity index (χ3n) is 5.16. The van der Waals surface area contributed by atoms with Crippen LogP contribution in [0.25, 0.3) is 0 Å². The lowest BCUT2D eigenvalue weighted by atomic mass is 9.73. The van der Waals surface area contributed by atoms with Gasteiger partial charge in [-0.05, 0) is 23.8 Å². The van der Waals surface area contributed by atoms with E-state index in [9.17, 15) is 4.79 Å². The number of thioether (sulfide) groups is 1. The van der Waals surface area contributed by atoms with Crippen LogP contribution < -0.4 is 5.32 Å². The van der Waals surface area contributed by atoms with Crippen LogP contribution in [0.5, 0.6) is 0 Å². The summed E-state index contributed by atoms with van der Waals surface area (Å²) in [6.45, 7) is 6.49. The van der Waals surface area contributed by atoms with Gasteiger partial charge in [0, 0.05) is 23.4 Å². The lowest BCUT2D eigenvalue weighted by molar-refractivity contribution is -0.118. The number of unbranched alkanes of at least 4 members (excludes halogenated alkanes) is 1. The molecule has 0 saturated carbocycles. The summed E-state index contributed by atoms with van der Waals surface area (Å²) in [6, 6.07) is 9.98. The monoisotopic (exact) mass is 382 g/mol. The van der Waals surface area contributed by atoms with Crippen LogP contribution in [0.2, 0.25) is 0 Å². The van der Waals surface area contributed by atoms with Crippen molar-refractivity contribution in [2.45, 2.75) is 57.7 Å². The van der Waals surface area contributed by atoms with Crippen LogP contribution in [-0.2, 0) is 4.79 Å². The fraction of sp³-hybridized carbons (Fsp3) is 0.476. The first-order chi connectivity index (χ1) is 13.0. The number of allylic oxidation sites excluding steroid dienone is 2. The molecule has 0 unspecified atom stereocenters. The number of anilines is 1. The lowest BCUT2D eigenvalue weighted by Crippen LogP contribution is -2.36. The summed E-state index contributed by atoms with van der Waals surface area (Å²) in [4.78, 5) is 17.8. The minimum Gasteiger partial charge on any atom is -0.328 e. The van der Waals surface area contributed by atoms with Gasteiger partial charge in [0.15, 0.2) is 5.78 Å². The van der Waals surface area contributed by atoms with Crippen molar-refractivity contribution in [3.8, 4) is 0 Å². The van der Waals surface area contributed by atoms with Crippen molar-refractivity contribution in [3.05, 3.63) is 47.2 Å². The number of nitrogens with zero attached hydrogens (tertiary/aromatic N) is 3. The van der Waals surface area contributed by atoms with Crippen LogP contribution in [0.3, 0.4) is 0 Å². The summed E-state index contributed by atoms with van der Waals surface area (Å²) < 4.78 is 1.90. The highest BCUT2D eigenvalue weighted by Crippen LogP contribution is 2.45. The van der Waals surface area contributed by atoms with Gasteiger partial charge in [0.1, 0.15) is 6.04 Å². The van der Waals surface area contributed by atoms with Gasteiger partial charge in [-0.1, -0.05) is 69.3 Å². The van der Waals surface area contributed by atoms with Crippen molar-refractivity contribution >= 4 is 23.5 Å². The molecule has 0 radical (unpaired) electrons. The molecule has 0 saturated heterocycles. The smallest absolute Gasteiger partial charge is 0.227 e. The van der Waals surface area contributed by atoms with Crippen molar-refractivity contribution < 1.29 is 4.79 Å². The number of hydrogen-bond acceptors (Lipinski definition) is 5. The van der Waals surface area contributed by atoms with Gasteiger partial charge < -0.3 is 5.32 Å². The first kappa shape index (κ1) is 18.3. The molecule has 0 amide bonds. The Labute approximate surface area is 164 Å². The Morgan fingerprint density at radius 1 is 1.26 bits per heavy atom. The molecular weight excluding hydrogens is 356 g/mol. The molecule has 2 heterocycles. The Balaban J connectivity index is 1.77. The predicted octanol–water partition coefficient (Wildman–Crippen LogP) is 4.83. The number of hydrogen-bond donors (Lipinski definition) is 1. The van der Waals surface area contributed by atoms with Gasteiger partial charge in [0.25, 0.3) is 0 Å². The quantitative estimate of drug-likeness (QED) is 0.593. The molecule has 6 heteroatoms. The van der Waals surface area contributed by atoms with E-state index in [0.29, 0.717) is 6.42 Å². The van der Waals surface area contributed by atoms with Gasteiger partial charge in [-0.3, -0.25) is 4.79 Å². The van der Waals surface area contributed by atoms with Gasteiger partial charge in [-0.2, -0.15) is 4.98 Å². The SMILES string of the molecule is CCCCSc1nc2n(n1)[C@@H](c1ccccc1)C1=C(CC(C)(C)CC1=O)N2. The van der Waals surface area contributed by atoms with E-state index in [2.05, 4.69) is 38.2 Å². The summed E-state index contributed by atoms with van der Waals surface area (Å²) in [6.07, 6.45) is 3.72. The van der Waals surface area contributed by atoms with Crippen molar-refractivity contribution in [1.29, 1.82) is 0 Å². The minimum atomic E-state index is -0.200. The first-order valence-electron chi connectivity index (χ1n) is 9.66. The molecule has 2 aliphatic rings. The van der Waals surface area contributed by atoms with Crippen LogP contribution in [0.15, 0.2) is 46.8 Å². The zero-order chi connectivity index (χ0) is 19.0. The van der Waals surface area contributed by atoms with Gasteiger partial charge in [0.05, 0.1) is 0 Å². The second-order valence-electron chi connectivity index (χ2n) is 8.14. The third kappa shape index (κ3) is 3.55. The molecule has 0 spiro atoms. The molecule has 1 atom stereocenters. The van der Waals surface area contributed by atoms with Crippen molar-refractivity contribution in [2.24, 2.45) is 5.41 Å². The highest BCUT2D eigenvalue weighted by Gasteiger charge is 2.41. The number of Topliss-reactive ketones (excluding diaryl/α,β-unsaturated/α-hetero) is 1. The molecule has 1 aliphatic carbocycles. The normalized spacial score (nSPS) is 20.9. The van der Waals surface area contributed by atoms with Gasteiger partial charge in [0.2, 0.25) is 11.1 Å². The van der Waals surface area contributed by atoms with Crippen molar-refractivity contribution in [3.63, 3.8) is 0 Å². The number of carbonyl (C=O) groups excluding carboxylic acids is 1. The zero-order valence-corrected chi connectivity index (χ0v) is 17.0. The first-order valence-corrected chi connectivity index (χ1v) is 10.6. The molecular formula is C21H26N4OS. The average molecular weight is 383 g/mol. The van der Waals surface area contributed by atoms with Gasteiger partial charge >= 0.3 is 0 Å². The zero-order valence-electron chi connectivity index (χ0n) is 16.2. The maximum absolute atomic E-state index is 13.1. The molecule has 1 N–H and O–H groups in total. The molecule has 0 fully saturated rings. The van der Waals surface area contributed by atoms with Crippen LogP contribution in [0.1, 0.15) is 58.1 Å². The minimum absolute atomic E-state index is 0.0367. The Bertz CT molecular complexity index is 885. The molecule has 0 bridgehead atoms. The number of benzene rings is 1. The second kappa shape index (κ2) is 7.15. The molecule has 27 heavy (non-hydrogen) atoms. The van der Waals surface area contributed by atoms with Crippen LogP contribution in [-0.4, -0.2) is 26.3 Å². The number of aromatic nitrogens is 3. The van der Waals surface area contributed by atoms with Crippen LogP contribution >= 0.6 is 11.8 Å². The molecule has 5 nitrogen and oxygen atoms in total. The largest absolute Gasteiger partial charge is 0.328 e. The van der Waals surface area contributed by atoms with E-state index in [1.54, 1.807) is 11.8 Å². The van der Waals surface area contributed by atoms with Gasteiger partial charge in [-0.25, -0.2) is 4.68 Å². The number of nitrogens with one attached hydrogen (secondary N) is 1. The molecule has 1 aromatic heterocycles. The molecule has 142 valence electrons. The van der Waals surface area contributed by atoms with E-state index in [1.807, 2.05) is 22.9 Å². The molecule has 1 aromatic carbocycles. The number of rotatable bonds is 5. The Morgan fingerprint density at radius 3 is 2.78 bits per heavy atom. The Kier molecular flexibility index (Phi) is 4.84. The van der Waals surface area contributed by atoms with Crippen LogP contribution in [0.4, 0.5) is 5.95 Å². The summed E-state index contributed by atoms with van der Waals surface area (Å²) >= 11 is 1.68. The fourth-order valence-electron chi connectivity index (χ4n) is 3.90. The average Bonchev–Trinajstić information content (AvgIpc) is 3.02. The Morgan fingerprint density at radius 2 is 2.04 bits per heavy atom. The maximum Gasteiger partial charge on any atom is 0.227 e. The van der Waals surface area contributed by atoms with Crippen LogP contribution in [0, 0.1) is 5.41 Å².